The van der Waals surface area contributed by atoms with Crippen LogP contribution in [0.25, 0.3) is 0 Å². The first kappa shape index (κ1) is 29.8. The molecule has 1 amide bonds. The number of hydrogen-bond acceptors (Lipinski definition) is 7. The SMILES string of the molecule is Cc1ccc(C(=O)Cl)cc1.Cc1ccc(C(=O)NCc2ccc(Cl)nn2)cc1.NCc1ccc(Cl)nn1. The normalized spacial score (nSPS) is 9.78. The Kier molecular flexibility index (Phi) is 12.6. The smallest absolute Gasteiger partial charge is 0.252 e. The van der Waals surface area contributed by atoms with Crippen LogP contribution in [0.2, 0.25) is 10.3 Å². The van der Waals surface area contributed by atoms with Gasteiger partial charge in [0.15, 0.2) is 10.3 Å². The number of carbonyl (C=O) groups is 2. The van der Waals surface area contributed by atoms with E-state index in [0.29, 0.717) is 40.2 Å². The zero-order valence-electron chi connectivity index (χ0n) is 20.2. The Bertz CT molecular complexity index is 1270. The summed E-state index contributed by atoms with van der Waals surface area (Å²) in [6.07, 6.45) is 0. The minimum absolute atomic E-state index is 0.133. The second-order valence-electron chi connectivity index (χ2n) is 7.59. The average molecular weight is 560 g/mol. The van der Waals surface area contributed by atoms with Crippen molar-refractivity contribution in [1.29, 1.82) is 0 Å². The summed E-state index contributed by atoms with van der Waals surface area (Å²) in [5.41, 5.74) is 10.1. The second-order valence-corrected chi connectivity index (χ2v) is 8.71. The van der Waals surface area contributed by atoms with E-state index in [1.54, 1.807) is 48.5 Å². The quantitative estimate of drug-likeness (QED) is 0.317. The molecule has 3 N–H and O–H groups in total. The van der Waals surface area contributed by atoms with E-state index in [-0.39, 0.29) is 5.91 Å². The Hall–Kier alpha value is -3.43. The van der Waals surface area contributed by atoms with Gasteiger partial charge in [-0.1, -0.05) is 58.6 Å². The van der Waals surface area contributed by atoms with Crippen LogP contribution in [-0.2, 0) is 13.1 Å². The zero-order valence-corrected chi connectivity index (χ0v) is 22.4. The molecule has 0 fully saturated rings. The minimum atomic E-state index is -0.403. The number of amides is 1. The fraction of sp³-hybridized carbons (Fsp3) is 0.154. The van der Waals surface area contributed by atoms with Crippen LogP contribution in [-0.4, -0.2) is 31.5 Å². The summed E-state index contributed by atoms with van der Waals surface area (Å²) in [5.74, 6) is -0.133. The van der Waals surface area contributed by atoms with Gasteiger partial charge in [0.05, 0.1) is 17.9 Å². The van der Waals surface area contributed by atoms with Gasteiger partial charge in [-0.2, -0.15) is 10.2 Å². The fourth-order valence-electron chi connectivity index (χ4n) is 2.55. The average Bonchev–Trinajstić information content (AvgIpc) is 2.90. The summed E-state index contributed by atoms with van der Waals surface area (Å²) in [6.45, 7) is 4.68. The lowest BCUT2D eigenvalue weighted by molar-refractivity contribution is 0.0950. The molecule has 2 heterocycles. The predicted octanol–water partition coefficient (Wildman–Crippen LogP) is 5.33. The molecule has 8 nitrogen and oxygen atoms in total. The van der Waals surface area contributed by atoms with Crippen LogP contribution in [0, 0.1) is 13.8 Å². The number of aromatic nitrogens is 4. The van der Waals surface area contributed by atoms with Gasteiger partial charge >= 0.3 is 0 Å². The van der Waals surface area contributed by atoms with Gasteiger partial charge in [0.1, 0.15) is 0 Å². The molecule has 0 aliphatic heterocycles. The van der Waals surface area contributed by atoms with E-state index in [9.17, 15) is 9.59 Å². The van der Waals surface area contributed by atoms with Crippen LogP contribution >= 0.6 is 34.8 Å². The largest absolute Gasteiger partial charge is 0.346 e. The summed E-state index contributed by atoms with van der Waals surface area (Å²) in [6, 6.07) is 21.3. The molecule has 0 radical (unpaired) electrons. The molecule has 0 aliphatic carbocycles. The molecule has 0 atom stereocenters. The molecule has 0 saturated carbocycles. The molecule has 0 unspecified atom stereocenters. The maximum absolute atomic E-state index is 11.8. The molecule has 0 saturated heterocycles. The molecule has 37 heavy (non-hydrogen) atoms. The van der Waals surface area contributed by atoms with E-state index >= 15 is 0 Å². The lowest BCUT2D eigenvalue weighted by Gasteiger charge is -2.04. The molecule has 2 aromatic heterocycles. The molecule has 0 aliphatic rings. The molecular weight excluding hydrogens is 535 g/mol. The van der Waals surface area contributed by atoms with E-state index in [4.69, 9.17) is 40.5 Å². The van der Waals surface area contributed by atoms with Crippen molar-refractivity contribution in [2.75, 3.05) is 0 Å². The molecule has 0 spiro atoms. The summed E-state index contributed by atoms with van der Waals surface area (Å²) in [5, 5.41) is 17.9. The molecule has 11 heteroatoms. The van der Waals surface area contributed by atoms with Crippen molar-refractivity contribution >= 4 is 46.0 Å². The highest BCUT2D eigenvalue weighted by molar-refractivity contribution is 6.67. The minimum Gasteiger partial charge on any atom is -0.346 e. The number of nitrogens with two attached hydrogens (primary N) is 1. The van der Waals surface area contributed by atoms with Crippen LogP contribution in [0.5, 0.6) is 0 Å². The third kappa shape index (κ3) is 11.4. The van der Waals surface area contributed by atoms with E-state index in [2.05, 4.69) is 25.7 Å². The molecule has 0 bridgehead atoms. The lowest BCUT2D eigenvalue weighted by Crippen LogP contribution is -2.23. The van der Waals surface area contributed by atoms with E-state index < -0.39 is 5.24 Å². The highest BCUT2D eigenvalue weighted by atomic mass is 35.5. The maximum atomic E-state index is 11.8. The van der Waals surface area contributed by atoms with Gasteiger partial charge in [0.25, 0.3) is 11.1 Å². The first-order chi connectivity index (χ1) is 17.7. The fourth-order valence-corrected chi connectivity index (χ4v) is 2.88. The van der Waals surface area contributed by atoms with Crippen molar-refractivity contribution in [2.45, 2.75) is 26.9 Å². The van der Waals surface area contributed by atoms with Gasteiger partial charge in [-0.05, 0) is 74.0 Å². The Morgan fingerprint density at radius 3 is 1.57 bits per heavy atom. The monoisotopic (exact) mass is 558 g/mol. The van der Waals surface area contributed by atoms with Crippen LogP contribution in [0.15, 0.2) is 72.8 Å². The van der Waals surface area contributed by atoms with Gasteiger partial charge < -0.3 is 11.1 Å². The summed E-state index contributed by atoms with van der Waals surface area (Å²) >= 11 is 16.3. The van der Waals surface area contributed by atoms with E-state index in [1.807, 2.05) is 38.1 Å². The first-order valence-corrected chi connectivity index (χ1v) is 12.1. The Morgan fingerprint density at radius 1 is 0.703 bits per heavy atom. The Morgan fingerprint density at radius 2 is 1.16 bits per heavy atom. The van der Waals surface area contributed by atoms with E-state index in [0.717, 1.165) is 16.8 Å². The Balaban J connectivity index is 0.000000214. The summed E-state index contributed by atoms with van der Waals surface area (Å²) < 4.78 is 0. The Labute approximate surface area is 230 Å². The molecule has 4 rings (SSSR count). The van der Waals surface area contributed by atoms with Gasteiger partial charge in [-0.15, -0.1) is 10.2 Å². The predicted molar refractivity (Wildman–Crippen MR) is 146 cm³/mol. The number of carbonyl (C=O) groups excluding carboxylic acids is 2. The van der Waals surface area contributed by atoms with Crippen LogP contribution in [0.1, 0.15) is 43.2 Å². The number of nitrogens with zero attached hydrogens (tertiary/aromatic N) is 4. The standard InChI is InChI=1S/C13H12ClN3O.C8H7ClO.C5H6ClN3/c1-9-2-4-10(5-3-9)13(18)15-8-11-6-7-12(14)17-16-11;1-6-2-4-7(5-3-6)8(9)10;6-5-2-1-4(3-7)8-9-5/h2-7H,8H2,1H3,(H,15,18);2-5H,1H3;1-2H,3,7H2. The van der Waals surface area contributed by atoms with Crippen molar-refractivity contribution in [3.63, 3.8) is 0 Å². The summed E-state index contributed by atoms with van der Waals surface area (Å²) in [7, 11) is 0. The topological polar surface area (TPSA) is 124 Å². The molecule has 4 aromatic rings. The van der Waals surface area contributed by atoms with E-state index in [1.165, 1.54) is 0 Å². The first-order valence-electron chi connectivity index (χ1n) is 11.0. The van der Waals surface area contributed by atoms with Crippen molar-refractivity contribution in [3.8, 4) is 0 Å². The van der Waals surface area contributed by atoms with Crippen LogP contribution in [0.4, 0.5) is 0 Å². The number of hydrogen-bond donors (Lipinski definition) is 2. The molecule has 192 valence electrons. The third-order valence-corrected chi connectivity index (χ3v) is 5.23. The molecular formula is C26H25Cl3N6O2. The lowest BCUT2D eigenvalue weighted by atomic mass is 10.1. The van der Waals surface area contributed by atoms with Gasteiger partial charge in [0, 0.05) is 17.7 Å². The summed E-state index contributed by atoms with van der Waals surface area (Å²) in [4.78, 5) is 22.3. The highest BCUT2D eigenvalue weighted by Crippen LogP contribution is 2.06. The number of rotatable bonds is 5. The van der Waals surface area contributed by atoms with Gasteiger partial charge in [-0.25, -0.2) is 0 Å². The second kappa shape index (κ2) is 15.6. The van der Waals surface area contributed by atoms with Crippen molar-refractivity contribution in [3.05, 3.63) is 117 Å². The van der Waals surface area contributed by atoms with Gasteiger partial charge in [-0.3, -0.25) is 9.59 Å². The third-order valence-electron chi connectivity index (χ3n) is 4.61. The highest BCUT2D eigenvalue weighted by Gasteiger charge is 2.05. The number of nitrogens with one attached hydrogen (secondary N) is 1. The molecule has 2 aromatic carbocycles. The van der Waals surface area contributed by atoms with Crippen molar-refractivity contribution < 1.29 is 9.59 Å². The number of benzene rings is 2. The number of halogens is 3. The van der Waals surface area contributed by atoms with Crippen molar-refractivity contribution in [2.24, 2.45) is 5.73 Å². The number of aryl methyl sites for hydroxylation is 2. The van der Waals surface area contributed by atoms with Gasteiger partial charge in [0.2, 0.25) is 0 Å². The van der Waals surface area contributed by atoms with Crippen LogP contribution < -0.4 is 11.1 Å². The van der Waals surface area contributed by atoms with Crippen LogP contribution in [0.3, 0.4) is 0 Å². The zero-order chi connectivity index (χ0) is 27.2. The van der Waals surface area contributed by atoms with Crippen molar-refractivity contribution in [1.82, 2.24) is 25.7 Å². The maximum Gasteiger partial charge on any atom is 0.252 e.